The highest BCUT2D eigenvalue weighted by Gasteiger charge is 2.55. The van der Waals surface area contributed by atoms with Crippen LogP contribution in [0.2, 0.25) is 0 Å². The Morgan fingerprint density at radius 1 is 1.19 bits per heavy atom. The maximum Gasteiger partial charge on any atom is 0.127 e. The number of aryl methyl sites for hydroxylation is 1. The molecule has 4 aliphatic carbocycles. The van der Waals surface area contributed by atoms with Gasteiger partial charge in [0, 0.05) is 12.1 Å². The number of nitrogens with one attached hydrogen (secondary N) is 1. The van der Waals surface area contributed by atoms with Crippen LogP contribution in [0.4, 0.5) is 5.82 Å². The van der Waals surface area contributed by atoms with Crippen molar-refractivity contribution in [3.8, 4) is 0 Å². The van der Waals surface area contributed by atoms with Gasteiger partial charge in [-0.15, -0.1) is 0 Å². The molecule has 0 radical (unpaired) electrons. The molecule has 1 aromatic heterocycles. The van der Waals surface area contributed by atoms with E-state index in [-0.39, 0.29) is 0 Å². The lowest BCUT2D eigenvalue weighted by atomic mass is 9.47. The van der Waals surface area contributed by atoms with Crippen molar-refractivity contribution in [2.24, 2.45) is 23.2 Å². The molecule has 1 N–H and O–H groups in total. The number of rotatable bonds is 2. The number of nitrogens with zero attached hydrogens (tertiary/aromatic N) is 2. The van der Waals surface area contributed by atoms with Crippen LogP contribution in [0.1, 0.15) is 63.5 Å². The minimum absolute atomic E-state index is 0.586. The molecule has 3 nitrogen and oxygen atoms in total. The molecule has 4 saturated carbocycles. The molecule has 114 valence electrons. The van der Waals surface area contributed by atoms with E-state index in [0.717, 1.165) is 30.7 Å². The Bertz CT molecular complexity index is 524. The quantitative estimate of drug-likeness (QED) is 0.889. The van der Waals surface area contributed by atoms with Gasteiger partial charge < -0.3 is 5.32 Å². The third-order valence-corrected chi connectivity index (χ3v) is 7.05. The molecular weight excluding hydrogens is 258 g/mol. The zero-order valence-electron chi connectivity index (χ0n) is 13.1. The Kier molecular flexibility index (Phi) is 2.55. The second-order valence-electron chi connectivity index (χ2n) is 8.33. The van der Waals surface area contributed by atoms with Gasteiger partial charge in [-0.3, -0.25) is 0 Å². The van der Waals surface area contributed by atoms with Crippen molar-refractivity contribution in [3.05, 3.63) is 11.8 Å². The van der Waals surface area contributed by atoms with Gasteiger partial charge in [-0.2, -0.15) is 5.10 Å². The van der Waals surface area contributed by atoms with Crippen molar-refractivity contribution in [1.29, 1.82) is 0 Å². The molecule has 0 spiro atoms. The highest BCUT2D eigenvalue weighted by Crippen LogP contribution is 2.64. The smallest absolute Gasteiger partial charge is 0.127 e. The fraction of sp³-hybridized carbons (Fsp3) is 0.833. The van der Waals surface area contributed by atoms with Crippen LogP contribution >= 0.6 is 0 Å². The van der Waals surface area contributed by atoms with E-state index in [2.05, 4.69) is 23.1 Å². The summed E-state index contributed by atoms with van der Waals surface area (Å²) >= 11 is 0. The van der Waals surface area contributed by atoms with E-state index in [1.54, 1.807) is 0 Å². The van der Waals surface area contributed by atoms with Crippen molar-refractivity contribution < 1.29 is 0 Å². The van der Waals surface area contributed by atoms with Crippen LogP contribution < -0.4 is 5.32 Å². The highest BCUT2D eigenvalue weighted by molar-refractivity contribution is 5.46. The van der Waals surface area contributed by atoms with Gasteiger partial charge in [0.25, 0.3) is 0 Å². The van der Waals surface area contributed by atoms with E-state index in [4.69, 9.17) is 5.10 Å². The summed E-state index contributed by atoms with van der Waals surface area (Å²) in [5, 5.41) is 8.44. The molecule has 1 aliphatic heterocycles. The summed E-state index contributed by atoms with van der Waals surface area (Å²) in [6, 6.07) is 0.669. The van der Waals surface area contributed by atoms with Gasteiger partial charge in [-0.25, -0.2) is 4.68 Å². The first-order valence-electron chi connectivity index (χ1n) is 9.07. The van der Waals surface area contributed by atoms with E-state index in [1.165, 1.54) is 56.3 Å². The molecule has 3 heteroatoms. The molecular formula is C18H27N3. The van der Waals surface area contributed by atoms with Crippen molar-refractivity contribution in [2.45, 2.75) is 64.3 Å². The molecule has 0 aromatic carbocycles. The predicted octanol–water partition coefficient (Wildman–Crippen LogP) is 4.02. The molecule has 21 heavy (non-hydrogen) atoms. The first-order chi connectivity index (χ1) is 10.3. The van der Waals surface area contributed by atoms with Gasteiger partial charge in [0.15, 0.2) is 0 Å². The number of hydrogen-bond donors (Lipinski definition) is 1. The predicted molar refractivity (Wildman–Crippen MR) is 84.4 cm³/mol. The Hall–Kier alpha value is -0.990. The van der Waals surface area contributed by atoms with Crippen LogP contribution in [0.3, 0.4) is 0 Å². The van der Waals surface area contributed by atoms with Crippen LogP contribution in [0, 0.1) is 23.2 Å². The first kappa shape index (κ1) is 12.5. The summed E-state index contributed by atoms with van der Waals surface area (Å²) in [6.07, 6.45) is 13.6. The zero-order chi connectivity index (χ0) is 14.0. The van der Waals surface area contributed by atoms with Crippen LogP contribution in [0.25, 0.3) is 0 Å². The van der Waals surface area contributed by atoms with Crippen LogP contribution in [-0.4, -0.2) is 16.3 Å². The Morgan fingerprint density at radius 2 is 1.86 bits per heavy atom. The molecule has 4 fully saturated rings. The fourth-order valence-electron chi connectivity index (χ4n) is 6.69. The van der Waals surface area contributed by atoms with Crippen molar-refractivity contribution in [2.75, 3.05) is 11.9 Å². The third-order valence-electron chi connectivity index (χ3n) is 7.05. The molecule has 1 atom stereocenters. The maximum absolute atomic E-state index is 4.82. The standard InChI is InChI=1S/C18H27N3/c1-2-15-11-20-21-16(3-4-19-17(15)21)18-8-12-5-13(9-18)7-14(6-12)10-18/h11-14,16,19H,2-10H2,1H3. The lowest BCUT2D eigenvalue weighted by Crippen LogP contribution is -2.51. The lowest BCUT2D eigenvalue weighted by Gasteiger charge is -2.60. The summed E-state index contributed by atoms with van der Waals surface area (Å²) in [6.45, 7) is 3.39. The normalized spacial score (nSPS) is 43.7. The summed E-state index contributed by atoms with van der Waals surface area (Å²) in [5.74, 6) is 4.45. The average Bonchev–Trinajstić information content (AvgIpc) is 2.88. The Balaban J connectivity index is 1.55. The fourth-order valence-corrected chi connectivity index (χ4v) is 6.69. The number of hydrogen-bond acceptors (Lipinski definition) is 2. The number of aromatic nitrogens is 2. The number of anilines is 1. The monoisotopic (exact) mass is 285 g/mol. The molecule has 0 saturated heterocycles. The Labute approximate surface area is 127 Å². The molecule has 5 aliphatic rings. The molecule has 4 bridgehead atoms. The van der Waals surface area contributed by atoms with Gasteiger partial charge in [0.05, 0.1) is 12.2 Å². The average molecular weight is 285 g/mol. The van der Waals surface area contributed by atoms with Crippen molar-refractivity contribution in [3.63, 3.8) is 0 Å². The van der Waals surface area contributed by atoms with Gasteiger partial charge in [-0.1, -0.05) is 6.92 Å². The molecule has 1 unspecified atom stereocenters. The van der Waals surface area contributed by atoms with Crippen molar-refractivity contribution >= 4 is 5.82 Å². The van der Waals surface area contributed by atoms with Crippen LogP contribution in [0.5, 0.6) is 0 Å². The lowest BCUT2D eigenvalue weighted by molar-refractivity contribution is -0.0868. The van der Waals surface area contributed by atoms with Crippen molar-refractivity contribution in [1.82, 2.24) is 9.78 Å². The minimum atomic E-state index is 0.586. The van der Waals surface area contributed by atoms with Gasteiger partial charge in [0.2, 0.25) is 0 Å². The number of fused-ring (bicyclic) bond motifs is 1. The second-order valence-corrected chi connectivity index (χ2v) is 8.33. The van der Waals surface area contributed by atoms with E-state index in [0.29, 0.717) is 11.5 Å². The topological polar surface area (TPSA) is 29.9 Å². The van der Waals surface area contributed by atoms with Crippen LogP contribution in [-0.2, 0) is 6.42 Å². The summed E-state index contributed by atoms with van der Waals surface area (Å²) < 4.78 is 2.40. The first-order valence-corrected chi connectivity index (χ1v) is 9.07. The van der Waals surface area contributed by atoms with Gasteiger partial charge in [-0.05, 0) is 74.5 Å². The largest absolute Gasteiger partial charge is 0.370 e. The second kappa shape index (κ2) is 4.27. The minimum Gasteiger partial charge on any atom is -0.370 e. The molecule has 0 amide bonds. The summed E-state index contributed by atoms with van der Waals surface area (Å²) in [5.41, 5.74) is 1.99. The third kappa shape index (κ3) is 1.69. The Morgan fingerprint density at radius 3 is 2.48 bits per heavy atom. The van der Waals surface area contributed by atoms with E-state index in [9.17, 15) is 0 Å². The highest BCUT2D eigenvalue weighted by atomic mass is 15.4. The van der Waals surface area contributed by atoms with Gasteiger partial charge >= 0.3 is 0 Å². The molecule has 1 aromatic rings. The van der Waals surface area contributed by atoms with E-state index < -0.39 is 0 Å². The maximum atomic E-state index is 4.82. The van der Waals surface area contributed by atoms with Gasteiger partial charge in [0.1, 0.15) is 5.82 Å². The van der Waals surface area contributed by atoms with Crippen LogP contribution in [0.15, 0.2) is 6.20 Å². The summed E-state index contributed by atoms with van der Waals surface area (Å²) in [7, 11) is 0. The zero-order valence-corrected chi connectivity index (χ0v) is 13.1. The van der Waals surface area contributed by atoms with E-state index >= 15 is 0 Å². The van der Waals surface area contributed by atoms with E-state index in [1.807, 2.05) is 0 Å². The summed E-state index contributed by atoms with van der Waals surface area (Å²) in [4.78, 5) is 0. The SMILES string of the molecule is CCc1cnn2c1NCCC2C12CC3CC(CC(C3)C1)C2. The molecule has 2 heterocycles. The molecule has 6 rings (SSSR count).